The zero-order chi connectivity index (χ0) is 15.2. The number of nitrogens with zero attached hydrogens (tertiary/aromatic N) is 2. The molecule has 0 spiro atoms. The summed E-state index contributed by atoms with van der Waals surface area (Å²) >= 11 is -2.02. The molecule has 1 fully saturated rings. The highest BCUT2D eigenvalue weighted by molar-refractivity contribution is 8.00. The second kappa shape index (κ2) is 4.65. The Bertz CT molecular complexity index is 407. The third-order valence-electron chi connectivity index (χ3n) is 1.95. The molecule has 0 saturated carbocycles. The van der Waals surface area contributed by atoms with E-state index in [1.54, 1.807) is 0 Å². The summed E-state index contributed by atoms with van der Waals surface area (Å²) in [5.74, 6) is -1.36. The van der Waals surface area contributed by atoms with E-state index in [4.69, 9.17) is 0 Å². The third kappa shape index (κ3) is 3.61. The summed E-state index contributed by atoms with van der Waals surface area (Å²) in [5.41, 5.74) is -11.9. The zero-order valence-electron chi connectivity index (χ0n) is 9.30. The first-order valence-corrected chi connectivity index (χ1v) is 6.01. The van der Waals surface area contributed by atoms with Gasteiger partial charge in [-0.15, -0.1) is 0 Å². The van der Waals surface area contributed by atoms with Crippen LogP contribution in [0.25, 0.3) is 0 Å². The van der Waals surface area contributed by atoms with E-state index in [0.717, 1.165) is 13.8 Å². The minimum Gasteiger partial charge on any atom is -0.271 e. The van der Waals surface area contributed by atoms with Crippen LogP contribution < -0.4 is 0 Å². The maximum Gasteiger partial charge on any atom is 0.462 e. The van der Waals surface area contributed by atoms with Crippen molar-refractivity contribution in [3.8, 4) is 0 Å². The van der Waals surface area contributed by atoms with Crippen molar-refractivity contribution in [2.45, 2.75) is 30.4 Å². The fraction of sp³-hybridized carbons (Fsp3) is 0.714. The standard InChI is InChI=1S/C7H6F6N2O2S2/c1-5(2)3(16)14(18-6(8,9)10)4(17)15(5)19-7(11,12)13/h1-2H3. The average molecular weight is 328 g/mol. The van der Waals surface area contributed by atoms with Crippen molar-refractivity contribution >= 4 is 35.8 Å². The number of amides is 3. The molecule has 1 aliphatic rings. The van der Waals surface area contributed by atoms with Gasteiger partial charge in [-0.25, -0.2) is 9.10 Å². The van der Waals surface area contributed by atoms with Gasteiger partial charge in [0.25, 0.3) is 5.91 Å². The Balaban J connectivity index is 3.03. The number of carbonyl (C=O) groups is 2. The van der Waals surface area contributed by atoms with Crippen molar-refractivity contribution in [1.29, 1.82) is 0 Å². The van der Waals surface area contributed by atoms with Crippen molar-refractivity contribution in [2.24, 2.45) is 0 Å². The van der Waals surface area contributed by atoms with E-state index < -0.39 is 52.4 Å². The van der Waals surface area contributed by atoms with Crippen LogP contribution in [0.1, 0.15) is 13.8 Å². The maximum absolute atomic E-state index is 12.2. The van der Waals surface area contributed by atoms with E-state index >= 15 is 0 Å². The van der Waals surface area contributed by atoms with Crippen molar-refractivity contribution in [2.75, 3.05) is 0 Å². The molecule has 1 saturated heterocycles. The van der Waals surface area contributed by atoms with Crippen LogP contribution in [-0.2, 0) is 4.79 Å². The Morgan fingerprint density at radius 1 is 0.947 bits per heavy atom. The highest BCUT2D eigenvalue weighted by Gasteiger charge is 2.58. The lowest BCUT2D eigenvalue weighted by Crippen LogP contribution is -2.41. The molecule has 0 aromatic rings. The minimum absolute atomic E-state index is 0.0198. The molecule has 110 valence electrons. The molecule has 0 aliphatic carbocycles. The van der Waals surface area contributed by atoms with Gasteiger partial charge in [0.1, 0.15) is 5.54 Å². The second-order valence-corrected chi connectivity index (χ2v) is 5.83. The molecule has 0 unspecified atom stereocenters. The topological polar surface area (TPSA) is 40.6 Å². The number of halogens is 6. The summed E-state index contributed by atoms with van der Waals surface area (Å²) in [7, 11) is 0. The Labute approximate surface area is 111 Å². The normalized spacial score (nSPS) is 20.4. The van der Waals surface area contributed by atoms with E-state index in [1.165, 1.54) is 0 Å². The number of imide groups is 1. The van der Waals surface area contributed by atoms with Crippen molar-refractivity contribution < 1.29 is 35.9 Å². The molecular weight excluding hydrogens is 322 g/mol. The maximum atomic E-state index is 12.2. The molecule has 0 aromatic heterocycles. The Hall–Kier alpha value is -0.780. The highest BCUT2D eigenvalue weighted by atomic mass is 32.2. The van der Waals surface area contributed by atoms with Gasteiger partial charge in [-0.1, -0.05) is 0 Å². The number of hydrogen-bond acceptors (Lipinski definition) is 4. The average Bonchev–Trinajstić information content (AvgIpc) is 2.29. The van der Waals surface area contributed by atoms with Gasteiger partial charge in [0, 0.05) is 0 Å². The SMILES string of the molecule is CC1(C)C(=O)N(SC(F)(F)F)C(=O)N1SC(F)(F)F. The molecule has 0 aromatic carbocycles. The van der Waals surface area contributed by atoms with Gasteiger partial charge in [0.15, 0.2) is 0 Å². The lowest BCUT2D eigenvalue weighted by molar-refractivity contribution is -0.128. The monoisotopic (exact) mass is 328 g/mol. The van der Waals surface area contributed by atoms with Crippen LogP contribution in [-0.4, -0.2) is 37.1 Å². The number of carbonyl (C=O) groups excluding carboxylic acids is 2. The van der Waals surface area contributed by atoms with E-state index in [1.807, 2.05) is 0 Å². The lowest BCUT2D eigenvalue weighted by atomic mass is 10.1. The summed E-state index contributed by atoms with van der Waals surface area (Å²) in [6.45, 7) is 1.87. The van der Waals surface area contributed by atoms with E-state index in [9.17, 15) is 35.9 Å². The number of urea groups is 1. The van der Waals surface area contributed by atoms with Gasteiger partial charge in [0.05, 0.1) is 23.9 Å². The predicted molar refractivity (Wildman–Crippen MR) is 55.5 cm³/mol. The van der Waals surface area contributed by atoms with Gasteiger partial charge < -0.3 is 0 Å². The zero-order valence-corrected chi connectivity index (χ0v) is 10.9. The first-order chi connectivity index (χ1) is 8.26. The number of hydrogen-bond donors (Lipinski definition) is 0. The molecule has 1 aliphatic heterocycles. The van der Waals surface area contributed by atoms with Crippen LogP contribution in [0, 0.1) is 0 Å². The van der Waals surface area contributed by atoms with Gasteiger partial charge in [-0.2, -0.15) is 30.6 Å². The van der Waals surface area contributed by atoms with Gasteiger partial charge in [-0.05, 0) is 13.8 Å². The minimum atomic E-state index is -4.96. The summed E-state index contributed by atoms with van der Waals surface area (Å²) in [4.78, 5) is 23.0. The van der Waals surface area contributed by atoms with Crippen LogP contribution in [0.15, 0.2) is 0 Å². The first-order valence-electron chi connectivity index (χ1n) is 4.46. The summed E-state index contributed by atoms with van der Waals surface area (Å²) in [6.07, 6.45) is 0. The molecule has 19 heavy (non-hydrogen) atoms. The summed E-state index contributed by atoms with van der Waals surface area (Å²) < 4.78 is 72.8. The van der Waals surface area contributed by atoms with E-state index in [2.05, 4.69) is 0 Å². The molecular formula is C7H6F6N2O2S2. The smallest absolute Gasteiger partial charge is 0.271 e. The first kappa shape index (κ1) is 16.3. The van der Waals surface area contributed by atoms with Crippen molar-refractivity contribution in [3.63, 3.8) is 0 Å². The molecule has 1 rings (SSSR count). The predicted octanol–water partition coefficient (Wildman–Crippen LogP) is 3.37. The lowest BCUT2D eigenvalue weighted by Gasteiger charge is -2.26. The summed E-state index contributed by atoms with van der Waals surface area (Å²) in [5, 5.41) is 0. The molecule has 0 atom stereocenters. The Morgan fingerprint density at radius 3 is 1.74 bits per heavy atom. The quantitative estimate of drug-likeness (QED) is 0.443. The number of rotatable bonds is 2. The molecule has 3 amide bonds. The Kier molecular flexibility index (Phi) is 3.98. The van der Waals surface area contributed by atoms with Gasteiger partial charge in [0.2, 0.25) is 0 Å². The van der Waals surface area contributed by atoms with Crippen LogP contribution in [0.2, 0.25) is 0 Å². The Morgan fingerprint density at radius 2 is 1.37 bits per heavy atom. The van der Waals surface area contributed by atoms with Crippen LogP contribution in [0.4, 0.5) is 31.1 Å². The fourth-order valence-electron chi connectivity index (χ4n) is 1.18. The van der Waals surface area contributed by atoms with E-state index in [0.29, 0.717) is 0 Å². The largest absolute Gasteiger partial charge is 0.462 e. The molecule has 12 heteroatoms. The van der Waals surface area contributed by atoms with Crippen LogP contribution in [0.5, 0.6) is 0 Å². The van der Waals surface area contributed by atoms with Gasteiger partial charge in [-0.3, -0.25) is 4.79 Å². The number of alkyl halides is 6. The summed E-state index contributed by atoms with van der Waals surface area (Å²) in [6, 6.07) is -1.67. The molecule has 0 bridgehead atoms. The second-order valence-electron chi connectivity index (χ2n) is 3.81. The van der Waals surface area contributed by atoms with Crippen molar-refractivity contribution in [3.05, 3.63) is 0 Å². The van der Waals surface area contributed by atoms with Crippen LogP contribution >= 0.6 is 23.9 Å². The fourth-order valence-corrected chi connectivity index (χ4v) is 2.58. The van der Waals surface area contributed by atoms with Gasteiger partial charge >= 0.3 is 17.0 Å². The highest BCUT2D eigenvalue weighted by Crippen LogP contribution is 2.46. The van der Waals surface area contributed by atoms with E-state index in [-0.39, 0.29) is 8.61 Å². The molecule has 4 nitrogen and oxygen atoms in total. The molecule has 1 heterocycles. The van der Waals surface area contributed by atoms with Crippen molar-refractivity contribution in [1.82, 2.24) is 8.61 Å². The van der Waals surface area contributed by atoms with Crippen LogP contribution in [0.3, 0.4) is 0 Å². The molecule has 0 radical (unpaired) electrons. The molecule has 0 N–H and O–H groups in total. The third-order valence-corrected chi connectivity index (χ3v) is 3.67.